The minimum Gasteiger partial charge on any atom is -0.493 e. The van der Waals surface area contributed by atoms with Crippen LogP contribution >= 0.6 is 11.8 Å². The smallest absolute Gasteiger partial charge is 0.410 e. The summed E-state index contributed by atoms with van der Waals surface area (Å²) in [5.41, 5.74) is 0.875. The first-order valence-corrected chi connectivity index (χ1v) is 12.8. The van der Waals surface area contributed by atoms with Gasteiger partial charge >= 0.3 is 12.1 Å². The van der Waals surface area contributed by atoms with Crippen LogP contribution in [0.4, 0.5) is 4.79 Å². The Morgan fingerprint density at radius 3 is 2.44 bits per heavy atom. The summed E-state index contributed by atoms with van der Waals surface area (Å²) >= 11 is 1.43. The molecule has 2 saturated heterocycles. The molecule has 0 N–H and O–H groups in total. The van der Waals surface area contributed by atoms with E-state index in [1.54, 1.807) is 19.1 Å². The van der Waals surface area contributed by atoms with Crippen LogP contribution in [0, 0.1) is 0 Å². The Balaban J connectivity index is 1.27. The van der Waals surface area contributed by atoms with E-state index >= 15 is 0 Å². The normalized spacial score (nSPS) is 18.1. The molecule has 9 nitrogen and oxygen atoms in total. The predicted molar refractivity (Wildman–Crippen MR) is 133 cm³/mol. The lowest BCUT2D eigenvalue weighted by Gasteiger charge is -2.37. The molecule has 36 heavy (non-hydrogen) atoms. The Morgan fingerprint density at radius 2 is 1.75 bits per heavy atom. The van der Waals surface area contributed by atoms with Crippen molar-refractivity contribution in [2.75, 3.05) is 39.7 Å². The number of likely N-dealkylation sites (tertiary alicyclic amines) is 1. The molecule has 2 aromatic carbocycles. The van der Waals surface area contributed by atoms with Gasteiger partial charge in [0.2, 0.25) is 5.91 Å². The van der Waals surface area contributed by atoms with Crippen LogP contribution in [0.3, 0.4) is 0 Å². The van der Waals surface area contributed by atoms with Gasteiger partial charge in [0, 0.05) is 24.0 Å². The Hall–Kier alpha value is -3.40. The minimum absolute atomic E-state index is 0.0203. The quantitative estimate of drug-likeness (QED) is 0.372. The number of methoxy groups -OCH3 is 2. The molecule has 0 aromatic heterocycles. The maximum absolute atomic E-state index is 12.8. The van der Waals surface area contributed by atoms with Crippen molar-refractivity contribution in [2.45, 2.75) is 36.4 Å². The lowest BCUT2D eigenvalue weighted by Crippen LogP contribution is -2.52. The SMILES string of the molecule is COc1ccc(SCC(=O)N2CCC(N3C(=O)OCC3C(=O)OCc3ccccc3)CC2)cc1OC. The minimum atomic E-state index is -0.769. The molecule has 192 valence electrons. The molecular weight excluding hydrogens is 484 g/mol. The Kier molecular flexibility index (Phi) is 8.58. The van der Waals surface area contributed by atoms with E-state index in [4.69, 9.17) is 18.9 Å². The van der Waals surface area contributed by atoms with E-state index in [2.05, 4.69) is 0 Å². The lowest BCUT2D eigenvalue weighted by molar-refractivity contribution is -0.150. The van der Waals surface area contributed by atoms with Crippen molar-refractivity contribution in [1.82, 2.24) is 9.80 Å². The van der Waals surface area contributed by atoms with Gasteiger partial charge in [0.05, 0.1) is 20.0 Å². The van der Waals surface area contributed by atoms with E-state index in [1.165, 1.54) is 16.7 Å². The van der Waals surface area contributed by atoms with Gasteiger partial charge in [-0.15, -0.1) is 11.8 Å². The predicted octanol–water partition coefficient (Wildman–Crippen LogP) is 3.35. The molecule has 4 rings (SSSR count). The van der Waals surface area contributed by atoms with Crippen molar-refractivity contribution in [3.05, 3.63) is 54.1 Å². The monoisotopic (exact) mass is 514 g/mol. The molecule has 2 aliphatic heterocycles. The highest BCUT2D eigenvalue weighted by Gasteiger charge is 2.44. The van der Waals surface area contributed by atoms with Crippen molar-refractivity contribution >= 4 is 29.7 Å². The van der Waals surface area contributed by atoms with Crippen molar-refractivity contribution in [1.29, 1.82) is 0 Å². The molecule has 2 aromatic rings. The van der Waals surface area contributed by atoms with E-state index in [9.17, 15) is 14.4 Å². The van der Waals surface area contributed by atoms with Crippen LogP contribution in [0.15, 0.2) is 53.4 Å². The Labute approximate surface area is 214 Å². The van der Waals surface area contributed by atoms with Crippen molar-refractivity contribution in [3.63, 3.8) is 0 Å². The number of esters is 1. The Bertz CT molecular complexity index is 1070. The second-order valence-electron chi connectivity index (χ2n) is 8.51. The topological polar surface area (TPSA) is 94.6 Å². The van der Waals surface area contributed by atoms with E-state index in [0.29, 0.717) is 43.2 Å². The number of hydrogen-bond donors (Lipinski definition) is 0. The van der Waals surface area contributed by atoms with Crippen LogP contribution in [-0.4, -0.2) is 79.5 Å². The maximum atomic E-state index is 12.8. The van der Waals surface area contributed by atoms with Crippen molar-refractivity contribution in [3.8, 4) is 11.5 Å². The highest BCUT2D eigenvalue weighted by Crippen LogP contribution is 2.32. The second kappa shape index (κ2) is 12.0. The summed E-state index contributed by atoms with van der Waals surface area (Å²) in [4.78, 5) is 42.2. The number of carbonyl (C=O) groups excluding carboxylic acids is 3. The molecule has 2 heterocycles. The maximum Gasteiger partial charge on any atom is 0.410 e. The first-order valence-electron chi connectivity index (χ1n) is 11.8. The molecule has 2 aliphatic rings. The molecular formula is C26H30N2O7S. The molecule has 0 saturated carbocycles. The number of rotatable bonds is 9. The number of thioether (sulfide) groups is 1. The number of benzene rings is 2. The summed E-state index contributed by atoms with van der Waals surface area (Å²) < 4.78 is 21.2. The van der Waals surface area contributed by atoms with Gasteiger partial charge in [-0.3, -0.25) is 9.69 Å². The summed E-state index contributed by atoms with van der Waals surface area (Å²) in [7, 11) is 3.15. The largest absolute Gasteiger partial charge is 0.493 e. The number of cyclic esters (lactones) is 1. The summed E-state index contributed by atoms with van der Waals surface area (Å²) in [6.45, 7) is 1.13. The lowest BCUT2D eigenvalue weighted by atomic mass is 10.0. The number of nitrogens with zero attached hydrogens (tertiary/aromatic N) is 2. The van der Waals surface area contributed by atoms with Crippen LogP contribution in [0.1, 0.15) is 18.4 Å². The van der Waals surface area contributed by atoms with Crippen molar-refractivity contribution in [2.24, 2.45) is 0 Å². The van der Waals surface area contributed by atoms with Gasteiger partial charge in [-0.25, -0.2) is 9.59 Å². The zero-order valence-corrected chi connectivity index (χ0v) is 21.2. The molecule has 2 amide bonds. The van der Waals surface area contributed by atoms with Gasteiger partial charge in [0.1, 0.15) is 13.2 Å². The number of piperidine rings is 1. The number of ether oxygens (including phenoxy) is 4. The summed E-state index contributed by atoms with van der Waals surface area (Å²) in [6.07, 6.45) is 0.639. The number of hydrogen-bond acceptors (Lipinski definition) is 8. The molecule has 10 heteroatoms. The van der Waals surface area contributed by atoms with Gasteiger partial charge in [-0.2, -0.15) is 0 Å². The van der Waals surface area contributed by atoms with Crippen LogP contribution < -0.4 is 9.47 Å². The van der Waals surface area contributed by atoms with Crippen LogP contribution in [0.25, 0.3) is 0 Å². The summed E-state index contributed by atoms with van der Waals surface area (Å²) in [6, 6.07) is 14.0. The molecule has 0 spiro atoms. The molecule has 0 radical (unpaired) electrons. The van der Waals surface area contributed by atoms with E-state index < -0.39 is 18.1 Å². The van der Waals surface area contributed by atoms with Gasteiger partial charge in [-0.05, 0) is 36.6 Å². The standard InChI is InChI=1S/C26H30N2O7S/c1-32-22-9-8-20(14-23(22)33-2)36-17-24(29)27-12-10-19(11-13-27)28-21(16-35-26(28)31)25(30)34-15-18-6-4-3-5-7-18/h3-9,14,19,21H,10-13,15-17H2,1-2H3. The Morgan fingerprint density at radius 1 is 1.03 bits per heavy atom. The van der Waals surface area contributed by atoms with Crippen LogP contribution in [0.5, 0.6) is 11.5 Å². The van der Waals surface area contributed by atoms with Gasteiger partial charge < -0.3 is 23.8 Å². The van der Waals surface area contributed by atoms with Crippen LogP contribution in [-0.2, 0) is 25.7 Å². The highest BCUT2D eigenvalue weighted by atomic mass is 32.2. The number of carbonyl (C=O) groups is 3. The van der Waals surface area contributed by atoms with E-state index in [1.807, 2.05) is 48.5 Å². The first-order chi connectivity index (χ1) is 17.5. The third-order valence-electron chi connectivity index (χ3n) is 6.34. The average Bonchev–Trinajstić information content (AvgIpc) is 3.32. The van der Waals surface area contributed by atoms with Gasteiger partial charge in [0.15, 0.2) is 17.5 Å². The third-order valence-corrected chi connectivity index (χ3v) is 7.31. The molecule has 0 aliphatic carbocycles. The van der Waals surface area contributed by atoms with Gasteiger partial charge in [-0.1, -0.05) is 30.3 Å². The fraction of sp³-hybridized carbons (Fsp3) is 0.423. The highest BCUT2D eigenvalue weighted by molar-refractivity contribution is 8.00. The van der Waals surface area contributed by atoms with Gasteiger partial charge in [0.25, 0.3) is 0 Å². The van der Waals surface area contributed by atoms with E-state index in [-0.39, 0.29) is 25.2 Å². The van der Waals surface area contributed by atoms with E-state index in [0.717, 1.165) is 10.5 Å². The fourth-order valence-corrected chi connectivity index (χ4v) is 5.21. The molecule has 1 atom stereocenters. The molecule has 2 fully saturated rings. The van der Waals surface area contributed by atoms with Crippen LogP contribution in [0.2, 0.25) is 0 Å². The fourth-order valence-electron chi connectivity index (χ4n) is 4.38. The average molecular weight is 515 g/mol. The zero-order chi connectivity index (χ0) is 25.5. The third kappa shape index (κ3) is 6.04. The second-order valence-corrected chi connectivity index (χ2v) is 9.56. The molecule has 0 bridgehead atoms. The zero-order valence-electron chi connectivity index (χ0n) is 20.4. The summed E-state index contributed by atoms with van der Waals surface area (Å²) in [5, 5.41) is 0. The molecule has 1 unspecified atom stereocenters. The number of amides is 2. The summed E-state index contributed by atoms with van der Waals surface area (Å²) in [5.74, 6) is 1.09. The van der Waals surface area contributed by atoms with Crippen molar-refractivity contribution < 1.29 is 33.3 Å². The first kappa shape index (κ1) is 25.7.